The fourth-order valence-electron chi connectivity index (χ4n) is 4.11. The van der Waals surface area contributed by atoms with Crippen molar-refractivity contribution in [1.29, 1.82) is 0 Å². The van der Waals surface area contributed by atoms with E-state index < -0.39 is 0 Å². The number of carbonyl (C=O) groups excluding carboxylic acids is 1. The second kappa shape index (κ2) is 7.36. The Balaban J connectivity index is 1.34. The number of piperidine rings is 1. The van der Waals surface area contributed by atoms with E-state index in [0.29, 0.717) is 25.1 Å². The molecule has 2 heterocycles. The van der Waals surface area contributed by atoms with Gasteiger partial charge in [-0.25, -0.2) is 9.18 Å². The second-order valence-corrected chi connectivity index (χ2v) is 7.06. The number of ether oxygens (including phenoxy) is 1. The first-order chi connectivity index (χ1) is 12.7. The lowest BCUT2D eigenvalue weighted by molar-refractivity contribution is 0.0780. The highest BCUT2D eigenvalue weighted by Crippen LogP contribution is 2.35. The van der Waals surface area contributed by atoms with Crippen molar-refractivity contribution in [2.75, 3.05) is 24.5 Å². The van der Waals surface area contributed by atoms with Crippen molar-refractivity contribution < 1.29 is 13.9 Å². The molecule has 0 radical (unpaired) electrons. The minimum atomic E-state index is -0.229. The predicted octanol–water partition coefficient (Wildman–Crippen LogP) is 4.06. The summed E-state index contributed by atoms with van der Waals surface area (Å²) in [6.45, 7) is 2.70. The Bertz CT molecular complexity index is 750. The SMILES string of the molecule is O=C(OCc1ccccc1)N1CCC2C(CCN2c2ccc(F)cc2)C1. The number of likely N-dealkylation sites (tertiary alicyclic amines) is 1. The summed E-state index contributed by atoms with van der Waals surface area (Å²) in [6, 6.07) is 16.9. The molecular formula is C21H23FN2O2. The third-order valence-corrected chi connectivity index (χ3v) is 5.46. The van der Waals surface area contributed by atoms with Crippen LogP contribution in [-0.4, -0.2) is 36.7 Å². The van der Waals surface area contributed by atoms with Gasteiger partial charge >= 0.3 is 6.09 Å². The quantitative estimate of drug-likeness (QED) is 0.833. The number of rotatable bonds is 3. The van der Waals surface area contributed by atoms with E-state index in [1.54, 1.807) is 0 Å². The Morgan fingerprint density at radius 1 is 1.04 bits per heavy atom. The first-order valence-electron chi connectivity index (χ1n) is 9.18. The molecule has 2 aromatic carbocycles. The summed E-state index contributed by atoms with van der Waals surface area (Å²) in [5.41, 5.74) is 2.07. The van der Waals surface area contributed by atoms with E-state index in [4.69, 9.17) is 4.74 Å². The van der Waals surface area contributed by atoms with Crippen LogP contribution >= 0.6 is 0 Å². The van der Waals surface area contributed by atoms with Crippen LogP contribution in [0.4, 0.5) is 14.9 Å². The number of benzene rings is 2. The molecule has 0 aromatic heterocycles. The van der Waals surface area contributed by atoms with E-state index in [2.05, 4.69) is 4.90 Å². The van der Waals surface area contributed by atoms with E-state index in [1.165, 1.54) is 12.1 Å². The highest BCUT2D eigenvalue weighted by molar-refractivity contribution is 5.68. The summed E-state index contributed by atoms with van der Waals surface area (Å²) in [7, 11) is 0. The molecule has 0 bridgehead atoms. The van der Waals surface area contributed by atoms with Crippen molar-refractivity contribution in [3.63, 3.8) is 0 Å². The van der Waals surface area contributed by atoms with Crippen molar-refractivity contribution in [3.05, 3.63) is 66.0 Å². The van der Waals surface area contributed by atoms with E-state index in [-0.39, 0.29) is 11.9 Å². The van der Waals surface area contributed by atoms with Gasteiger partial charge in [-0.1, -0.05) is 30.3 Å². The first kappa shape index (κ1) is 16.9. The van der Waals surface area contributed by atoms with Crippen molar-refractivity contribution in [2.45, 2.75) is 25.5 Å². The molecule has 5 heteroatoms. The van der Waals surface area contributed by atoms with Gasteiger partial charge in [-0.2, -0.15) is 0 Å². The Hall–Kier alpha value is -2.56. The number of carbonyl (C=O) groups is 1. The zero-order chi connectivity index (χ0) is 17.9. The summed E-state index contributed by atoms with van der Waals surface area (Å²) in [5.74, 6) is 0.235. The van der Waals surface area contributed by atoms with Gasteiger partial charge in [0.05, 0.1) is 0 Å². The lowest BCUT2D eigenvalue weighted by Gasteiger charge is -2.38. The highest BCUT2D eigenvalue weighted by Gasteiger charge is 2.39. The second-order valence-electron chi connectivity index (χ2n) is 7.06. The maximum atomic E-state index is 13.2. The average Bonchev–Trinajstić information content (AvgIpc) is 3.11. The Kier molecular flexibility index (Phi) is 4.78. The zero-order valence-electron chi connectivity index (χ0n) is 14.7. The molecule has 26 heavy (non-hydrogen) atoms. The summed E-state index contributed by atoms with van der Waals surface area (Å²) >= 11 is 0. The number of anilines is 1. The summed E-state index contributed by atoms with van der Waals surface area (Å²) in [4.78, 5) is 16.6. The van der Waals surface area contributed by atoms with Crippen molar-refractivity contribution in [3.8, 4) is 0 Å². The highest BCUT2D eigenvalue weighted by atomic mass is 19.1. The average molecular weight is 354 g/mol. The third kappa shape index (κ3) is 3.52. The monoisotopic (exact) mass is 354 g/mol. The fraction of sp³-hybridized carbons (Fsp3) is 0.381. The first-order valence-corrected chi connectivity index (χ1v) is 9.18. The van der Waals surface area contributed by atoms with Crippen molar-refractivity contribution >= 4 is 11.8 Å². The van der Waals surface area contributed by atoms with Gasteiger partial charge in [0.1, 0.15) is 12.4 Å². The van der Waals surface area contributed by atoms with Crippen LogP contribution < -0.4 is 4.90 Å². The van der Waals surface area contributed by atoms with Crippen LogP contribution in [0, 0.1) is 11.7 Å². The van der Waals surface area contributed by atoms with Crippen molar-refractivity contribution in [1.82, 2.24) is 4.90 Å². The number of halogens is 1. The summed E-state index contributed by atoms with van der Waals surface area (Å²) in [5, 5.41) is 0. The number of hydrogen-bond acceptors (Lipinski definition) is 3. The van der Waals surface area contributed by atoms with Crippen LogP contribution in [0.3, 0.4) is 0 Å². The molecule has 0 saturated carbocycles. The van der Waals surface area contributed by atoms with Crippen LogP contribution in [0.25, 0.3) is 0 Å². The largest absolute Gasteiger partial charge is 0.445 e. The molecule has 0 aliphatic carbocycles. The Morgan fingerprint density at radius 3 is 2.58 bits per heavy atom. The van der Waals surface area contributed by atoms with Gasteiger partial charge in [0.15, 0.2) is 0 Å². The number of amides is 1. The minimum Gasteiger partial charge on any atom is -0.445 e. The normalized spacial score (nSPS) is 22.2. The Morgan fingerprint density at radius 2 is 1.81 bits per heavy atom. The number of nitrogens with zero attached hydrogens (tertiary/aromatic N) is 2. The Labute approximate surface area is 153 Å². The summed E-state index contributed by atoms with van der Waals surface area (Å²) < 4.78 is 18.6. The molecule has 4 rings (SSSR count). The molecule has 2 atom stereocenters. The molecule has 2 aliphatic heterocycles. The summed E-state index contributed by atoms with van der Waals surface area (Å²) in [6.07, 6.45) is 1.74. The van der Waals surface area contributed by atoms with Gasteiger partial charge in [-0.3, -0.25) is 0 Å². The van der Waals surface area contributed by atoms with Gasteiger partial charge in [0, 0.05) is 31.4 Å². The van der Waals surface area contributed by atoms with Crippen LogP contribution in [0.1, 0.15) is 18.4 Å². The molecule has 0 N–H and O–H groups in total. The molecular weight excluding hydrogens is 331 g/mol. The van der Waals surface area contributed by atoms with E-state index in [1.807, 2.05) is 47.4 Å². The van der Waals surface area contributed by atoms with Crippen LogP contribution in [0.2, 0.25) is 0 Å². The molecule has 2 saturated heterocycles. The molecule has 2 fully saturated rings. The van der Waals surface area contributed by atoms with Crippen LogP contribution in [0.5, 0.6) is 0 Å². The van der Waals surface area contributed by atoms with E-state index in [0.717, 1.165) is 37.2 Å². The fourth-order valence-corrected chi connectivity index (χ4v) is 4.11. The predicted molar refractivity (Wildman–Crippen MR) is 98.5 cm³/mol. The molecule has 2 aromatic rings. The molecule has 1 amide bonds. The molecule has 0 spiro atoms. The maximum absolute atomic E-state index is 13.2. The maximum Gasteiger partial charge on any atom is 0.410 e. The molecule has 2 aliphatic rings. The topological polar surface area (TPSA) is 32.8 Å². The lowest BCUT2D eigenvalue weighted by Crippen LogP contribution is -2.48. The van der Waals surface area contributed by atoms with E-state index in [9.17, 15) is 9.18 Å². The lowest BCUT2D eigenvalue weighted by atomic mass is 9.93. The molecule has 2 unspecified atom stereocenters. The van der Waals surface area contributed by atoms with Crippen LogP contribution in [0.15, 0.2) is 54.6 Å². The van der Waals surface area contributed by atoms with Gasteiger partial charge in [0.25, 0.3) is 0 Å². The minimum absolute atomic E-state index is 0.208. The molecule has 4 nitrogen and oxygen atoms in total. The number of hydrogen-bond donors (Lipinski definition) is 0. The van der Waals surface area contributed by atoms with Gasteiger partial charge < -0.3 is 14.5 Å². The smallest absolute Gasteiger partial charge is 0.410 e. The van der Waals surface area contributed by atoms with E-state index >= 15 is 0 Å². The van der Waals surface area contributed by atoms with Gasteiger partial charge in [0.2, 0.25) is 0 Å². The standard InChI is InChI=1S/C21H23FN2O2/c22-18-6-8-19(9-7-18)24-13-10-17-14-23(12-11-20(17)24)21(25)26-15-16-4-2-1-3-5-16/h1-9,17,20H,10-15H2. The van der Waals surface area contributed by atoms with Crippen molar-refractivity contribution in [2.24, 2.45) is 5.92 Å². The van der Waals surface area contributed by atoms with Crippen LogP contribution in [-0.2, 0) is 11.3 Å². The van der Waals surface area contributed by atoms with Gasteiger partial charge in [-0.15, -0.1) is 0 Å². The third-order valence-electron chi connectivity index (χ3n) is 5.46. The van der Waals surface area contributed by atoms with Gasteiger partial charge in [-0.05, 0) is 48.6 Å². The molecule has 136 valence electrons. The number of fused-ring (bicyclic) bond motifs is 1. The zero-order valence-corrected chi connectivity index (χ0v) is 14.7.